The van der Waals surface area contributed by atoms with Gasteiger partial charge in [-0.2, -0.15) is 15.4 Å². The molecule has 0 aliphatic carbocycles. The zero-order chi connectivity index (χ0) is 26.3. The molecule has 0 spiro atoms. The molecule has 4 rings (SSSR count). The highest BCUT2D eigenvalue weighted by molar-refractivity contribution is 5.69. The van der Waals surface area contributed by atoms with Gasteiger partial charge in [-0.1, -0.05) is 51.1 Å². The summed E-state index contributed by atoms with van der Waals surface area (Å²) >= 11 is 0. The lowest BCUT2D eigenvalue weighted by molar-refractivity contribution is -0.150. The smallest absolute Gasteiger partial charge is 0.308 e. The Hall–Kier alpha value is -4.54. The number of carbonyl (C=O) groups excluding carboxylic acids is 1. The van der Waals surface area contributed by atoms with Crippen LogP contribution in [0.3, 0.4) is 0 Å². The minimum absolute atomic E-state index is 0.111. The molecule has 11 heteroatoms. The van der Waals surface area contributed by atoms with Crippen molar-refractivity contribution in [3.8, 4) is 5.88 Å². The molecular formula is C26H29N7O4. The van der Waals surface area contributed by atoms with E-state index in [0.29, 0.717) is 23.9 Å². The standard InChI is InChI=1S/C26H29N7O4/c1-26(2,3)23-19(27-15-28-23)13-21-25(31-20(24(35)30-21)12-17-8-5-4-6-9-17)37-16-36-22(34)11-7-10-18-14-29-33-32-18/h4-6,8-9,12-15H,7,10-11,16H2,1-3H3,(H,27,28)(H,30,35)(H,29,32,33)/b20-12-,21-13-. The minimum Gasteiger partial charge on any atom is -0.438 e. The van der Waals surface area contributed by atoms with Crippen LogP contribution in [0.15, 0.2) is 47.7 Å². The van der Waals surface area contributed by atoms with Crippen molar-refractivity contribution in [3.05, 3.63) is 86.6 Å². The van der Waals surface area contributed by atoms with Crippen LogP contribution in [0.25, 0.3) is 12.2 Å². The van der Waals surface area contributed by atoms with Crippen LogP contribution in [0.4, 0.5) is 0 Å². The number of ether oxygens (including phenoxy) is 2. The summed E-state index contributed by atoms with van der Waals surface area (Å²) in [4.78, 5) is 39.8. The van der Waals surface area contributed by atoms with Crippen molar-refractivity contribution in [3.63, 3.8) is 0 Å². The lowest BCUT2D eigenvalue weighted by Crippen LogP contribution is -2.38. The van der Waals surface area contributed by atoms with E-state index in [1.807, 2.05) is 30.3 Å². The van der Waals surface area contributed by atoms with Gasteiger partial charge in [-0.15, -0.1) is 0 Å². The fraction of sp³-hybridized carbons (Fsp3) is 0.308. The average Bonchev–Trinajstić information content (AvgIpc) is 3.54. The molecule has 0 fully saturated rings. The molecule has 3 heterocycles. The van der Waals surface area contributed by atoms with E-state index in [2.05, 4.69) is 56.1 Å². The number of carbonyl (C=O) groups is 1. The van der Waals surface area contributed by atoms with E-state index in [9.17, 15) is 9.59 Å². The number of aromatic nitrogens is 7. The minimum atomic E-state index is -0.420. The highest BCUT2D eigenvalue weighted by atomic mass is 16.7. The Morgan fingerprint density at radius 2 is 1.95 bits per heavy atom. The van der Waals surface area contributed by atoms with E-state index in [0.717, 1.165) is 17.0 Å². The molecule has 3 N–H and O–H groups in total. The lowest BCUT2D eigenvalue weighted by atomic mass is 9.90. The number of nitrogens with one attached hydrogen (secondary N) is 3. The van der Waals surface area contributed by atoms with Crippen LogP contribution in [0.1, 0.15) is 56.3 Å². The molecule has 0 amide bonds. The molecule has 0 aliphatic heterocycles. The van der Waals surface area contributed by atoms with E-state index in [-0.39, 0.29) is 35.4 Å². The number of hydrogen-bond acceptors (Lipinski definition) is 8. The molecule has 0 bridgehead atoms. The van der Waals surface area contributed by atoms with Crippen LogP contribution in [0.5, 0.6) is 5.88 Å². The molecule has 0 saturated heterocycles. The predicted molar refractivity (Wildman–Crippen MR) is 136 cm³/mol. The summed E-state index contributed by atoms with van der Waals surface area (Å²) in [6, 6.07) is 9.35. The maximum atomic E-state index is 12.9. The monoisotopic (exact) mass is 503 g/mol. The van der Waals surface area contributed by atoms with Crippen molar-refractivity contribution in [2.45, 2.75) is 45.4 Å². The number of nitrogens with zero attached hydrogens (tertiary/aromatic N) is 4. The summed E-state index contributed by atoms with van der Waals surface area (Å²) in [5.41, 5.74) is 2.51. The van der Waals surface area contributed by atoms with Gasteiger partial charge >= 0.3 is 5.97 Å². The van der Waals surface area contributed by atoms with Crippen molar-refractivity contribution >= 4 is 18.1 Å². The van der Waals surface area contributed by atoms with Crippen molar-refractivity contribution in [1.82, 2.24) is 35.3 Å². The van der Waals surface area contributed by atoms with E-state index in [1.165, 1.54) is 0 Å². The van der Waals surface area contributed by atoms with Gasteiger partial charge in [-0.25, -0.2) is 9.97 Å². The summed E-state index contributed by atoms with van der Waals surface area (Å²) < 4.78 is 11.0. The lowest BCUT2D eigenvalue weighted by Gasteiger charge is -2.17. The highest BCUT2D eigenvalue weighted by Crippen LogP contribution is 2.23. The second kappa shape index (κ2) is 11.5. The van der Waals surface area contributed by atoms with Crippen LogP contribution >= 0.6 is 0 Å². The van der Waals surface area contributed by atoms with E-state index in [1.54, 1.807) is 24.7 Å². The molecule has 0 atom stereocenters. The number of hydrogen-bond donors (Lipinski definition) is 3. The molecule has 0 aliphatic rings. The third-order valence-electron chi connectivity index (χ3n) is 5.43. The fourth-order valence-corrected chi connectivity index (χ4v) is 3.61. The molecule has 0 saturated carbocycles. The maximum Gasteiger partial charge on any atom is 0.308 e. The van der Waals surface area contributed by atoms with Crippen molar-refractivity contribution in [1.29, 1.82) is 0 Å². The van der Waals surface area contributed by atoms with Crippen molar-refractivity contribution < 1.29 is 14.3 Å². The number of aryl methyl sites for hydroxylation is 1. The molecule has 0 unspecified atom stereocenters. The second-order valence-electron chi connectivity index (χ2n) is 9.38. The van der Waals surface area contributed by atoms with Gasteiger partial charge in [0.25, 0.3) is 5.56 Å². The largest absolute Gasteiger partial charge is 0.438 e. The first-order valence-corrected chi connectivity index (χ1v) is 11.9. The number of benzene rings is 1. The number of H-pyrrole nitrogens is 3. The Morgan fingerprint density at radius 3 is 2.68 bits per heavy atom. The third kappa shape index (κ3) is 7.00. The molecule has 0 radical (unpaired) electrons. The quantitative estimate of drug-likeness (QED) is 0.229. The fourth-order valence-electron chi connectivity index (χ4n) is 3.61. The summed E-state index contributed by atoms with van der Waals surface area (Å²) in [5.74, 6) is -0.308. The third-order valence-corrected chi connectivity index (χ3v) is 5.43. The first-order chi connectivity index (χ1) is 17.8. The van der Waals surface area contributed by atoms with Crippen molar-refractivity contribution in [2.75, 3.05) is 6.79 Å². The first kappa shape index (κ1) is 25.5. The van der Waals surface area contributed by atoms with Crippen LogP contribution in [0.2, 0.25) is 0 Å². The van der Waals surface area contributed by atoms with Gasteiger partial charge in [0.2, 0.25) is 12.7 Å². The van der Waals surface area contributed by atoms with Gasteiger partial charge in [-0.3, -0.25) is 9.59 Å². The Balaban J connectivity index is 1.57. The molecule has 37 heavy (non-hydrogen) atoms. The van der Waals surface area contributed by atoms with Gasteiger partial charge in [0.1, 0.15) is 10.7 Å². The Bertz CT molecular complexity index is 1500. The van der Waals surface area contributed by atoms with Gasteiger partial charge in [-0.05, 0) is 30.6 Å². The normalized spacial score (nSPS) is 12.6. The zero-order valence-corrected chi connectivity index (χ0v) is 20.9. The Kier molecular flexibility index (Phi) is 7.92. The average molecular weight is 504 g/mol. The van der Waals surface area contributed by atoms with Gasteiger partial charge in [0.15, 0.2) is 0 Å². The Morgan fingerprint density at radius 1 is 1.14 bits per heavy atom. The molecule has 4 aromatic rings. The summed E-state index contributed by atoms with van der Waals surface area (Å²) in [6.07, 6.45) is 7.91. The summed E-state index contributed by atoms with van der Waals surface area (Å²) in [7, 11) is 0. The Labute approximate surface area is 212 Å². The van der Waals surface area contributed by atoms with Gasteiger partial charge < -0.3 is 19.4 Å². The molecule has 3 aromatic heterocycles. The topological polar surface area (TPSA) is 152 Å². The second-order valence-corrected chi connectivity index (χ2v) is 9.38. The van der Waals surface area contributed by atoms with Crippen LogP contribution in [0, 0.1) is 0 Å². The highest BCUT2D eigenvalue weighted by Gasteiger charge is 2.19. The van der Waals surface area contributed by atoms with Crippen molar-refractivity contribution in [2.24, 2.45) is 0 Å². The first-order valence-electron chi connectivity index (χ1n) is 11.9. The summed E-state index contributed by atoms with van der Waals surface area (Å²) in [6.45, 7) is 5.79. The molecule has 11 nitrogen and oxygen atoms in total. The van der Waals surface area contributed by atoms with Gasteiger partial charge in [0.05, 0.1) is 23.9 Å². The molecule has 192 valence electrons. The number of imidazole rings is 1. The SMILES string of the molecule is CC(C)(C)c1[nH]cnc1/C=c1\[nH]c(=O)/c(=C/c2ccccc2)nc1OCOC(=O)CCCc1cn[nH]n1. The maximum absolute atomic E-state index is 12.9. The number of esters is 1. The van der Waals surface area contributed by atoms with E-state index >= 15 is 0 Å². The van der Waals surface area contributed by atoms with Gasteiger partial charge in [0, 0.05) is 17.5 Å². The molecular weight excluding hydrogens is 474 g/mol. The molecule has 1 aromatic carbocycles. The zero-order valence-electron chi connectivity index (χ0n) is 20.9. The van der Waals surface area contributed by atoms with Crippen LogP contribution in [-0.2, 0) is 21.4 Å². The predicted octanol–water partition coefficient (Wildman–Crippen LogP) is 1.47. The van der Waals surface area contributed by atoms with Crippen LogP contribution < -0.4 is 21.0 Å². The summed E-state index contributed by atoms with van der Waals surface area (Å²) in [5, 5.41) is 10.7. The number of rotatable bonds is 9. The van der Waals surface area contributed by atoms with Crippen LogP contribution in [-0.4, -0.2) is 48.1 Å². The number of aromatic amines is 3. The van der Waals surface area contributed by atoms with E-state index < -0.39 is 5.97 Å². The van der Waals surface area contributed by atoms with E-state index in [4.69, 9.17) is 9.47 Å².